The summed E-state index contributed by atoms with van der Waals surface area (Å²) in [6.07, 6.45) is 1.46. The zero-order valence-corrected chi connectivity index (χ0v) is 15.4. The number of hydrogen-bond acceptors (Lipinski definition) is 5. The third kappa shape index (κ3) is 3.43. The number of nitrogens with zero attached hydrogens (tertiary/aromatic N) is 1. The molecule has 0 aliphatic rings. The van der Waals surface area contributed by atoms with E-state index in [9.17, 15) is 14.0 Å². The smallest absolute Gasteiger partial charge is 0.341 e. The second-order valence-electron chi connectivity index (χ2n) is 5.71. The molecule has 0 saturated heterocycles. The van der Waals surface area contributed by atoms with Gasteiger partial charge in [-0.05, 0) is 50.1 Å². The first-order valence-electron chi connectivity index (χ1n) is 8.05. The van der Waals surface area contributed by atoms with Crippen LogP contribution < -0.4 is 5.56 Å². The molecule has 2 heterocycles. The van der Waals surface area contributed by atoms with E-state index in [0.717, 1.165) is 10.4 Å². The Labute approximate surface area is 153 Å². The molecule has 134 valence electrons. The Morgan fingerprint density at radius 3 is 2.85 bits per heavy atom. The lowest BCUT2D eigenvalue weighted by Gasteiger charge is -2.07. The normalized spacial score (nSPS) is 11.8. The number of aromatic amines is 1. The largest absolute Gasteiger partial charge is 0.462 e. The number of rotatable bonds is 4. The highest BCUT2D eigenvalue weighted by Crippen LogP contribution is 2.27. The van der Waals surface area contributed by atoms with Gasteiger partial charge in [0.15, 0.2) is 0 Å². The number of aryl methyl sites for hydroxylation is 2. The second-order valence-corrected chi connectivity index (χ2v) is 6.91. The number of thiophene rings is 1. The lowest BCUT2D eigenvalue weighted by Crippen LogP contribution is -2.15. The minimum absolute atomic E-state index is 0.0696. The quantitative estimate of drug-likeness (QED) is 0.558. The molecule has 0 fully saturated rings. The number of esters is 1. The highest BCUT2D eigenvalue weighted by molar-refractivity contribution is 7.18. The van der Waals surface area contributed by atoms with Crippen LogP contribution in [-0.2, 0) is 9.53 Å². The number of carbonyl (C=O) groups excluding carboxylic acids is 1. The summed E-state index contributed by atoms with van der Waals surface area (Å²) in [4.78, 5) is 33.5. The van der Waals surface area contributed by atoms with Crippen LogP contribution in [0.5, 0.6) is 0 Å². The number of carbonyl (C=O) groups is 1. The van der Waals surface area contributed by atoms with Gasteiger partial charge in [-0.1, -0.05) is 12.1 Å². The Bertz CT molecular complexity index is 1080. The van der Waals surface area contributed by atoms with Crippen LogP contribution in [0.2, 0.25) is 0 Å². The fourth-order valence-electron chi connectivity index (χ4n) is 2.58. The van der Waals surface area contributed by atoms with Gasteiger partial charge in [-0.15, -0.1) is 11.3 Å². The van der Waals surface area contributed by atoms with Gasteiger partial charge in [0.1, 0.15) is 22.0 Å². The number of aromatic nitrogens is 2. The van der Waals surface area contributed by atoms with Crippen molar-refractivity contribution in [2.45, 2.75) is 20.8 Å². The topological polar surface area (TPSA) is 72.0 Å². The summed E-state index contributed by atoms with van der Waals surface area (Å²) in [6.45, 7) is 5.63. The fraction of sp³-hybridized carbons (Fsp3) is 0.211. The van der Waals surface area contributed by atoms with Crippen molar-refractivity contribution in [2.24, 2.45) is 0 Å². The summed E-state index contributed by atoms with van der Waals surface area (Å²) in [6, 6.07) is 5.79. The Morgan fingerprint density at radius 2 is 2.15 bits per heavy atom. The zero-order valence-electron chi connectivity index (χ0n) is 14.6. The van der Waals surface area contributed by atoms with Gasteiger partial charge < -0.3 is 9.72 Å². The first-order valence-corrected chi connectivity index (χ1v) is 8.87. The third-order valence-corrected chi connectivity index (χ3v) is 5.05. The van der Waals surface area contributed by atoms with Crippen molar-refractivity contribution in [3.05, 3.63) is 62.3 Å². The molecule has 3 aromatic rings. The van der Waals surface area contributed by atoms with Gasteiger partial charge in [0.25, 0.3) is 5.56 Å². The average Bonchev–Trinajstić information content (AvgIpc) is 2.87. The minimum Gasteiger partial charge on any atom is -0.462 e. The molecule has 0 aliphatic heterocycles. The standard InChI is InChI=1S/C19H17FN2O3S/c1-4-25-19(24)14(9-12-6-5-7-13(20)8-12)16-21-17(23)15-10(2)11(3)26-18(15)22-16/h5-9H,4H2,1-3H3,(H,21,22,23)/b14-9-. The molecule has 0 amide bonds. The summed E-state index contributed by atoms with van der Waals surface area (Å²) < 4.78 is 18.6. The van der Waals surface area contributed by atoms with Gasteiger partial charge in [-0.25, -0.2) is 14.2 Å². The highest BCUT2D eigenvalue weighted by atomic mass is 32.1. The molecular formula is C19H17FN2O3S. The molecule has 3 rings (SSSR count). The summed E-state index contributed by atoms with van der Waals surface area (Å²) in [5.74, 6) is -0.959. The molecule has 0 bridgehead atoms. The number of nitrogens with one attached hydrogen (secondary N) is 1. The van der Waals surface area contributed by atoms with E-state index in [4.69, 9.17) is 4.74 Å². The number of benzene rings is 1. The second kappa shape index (κ2) is 7.21. The molecule has 0 radical (unpaired) electrons. The van der Waals surface area contributed by atoms with Gasteiger partial charge >= 0.3 is 5.97 Å². The Balaban J connectivity index is 2.20. The van der Waals surface area contributed by atoms with Gasteiger partial charge in [0.2, 0.25) is 0 Å². The molecule has 26 heavy (non-hydrogen) atoms. The molecule has 0 saturated carbocycles. The van der Waals surface area contributed by atoms with Crippen molar-refractivity contribution in [2.75, 3.05) is 6.61 Å². The van der Waals surface area contributed by atoms with Crippen molar-refractivity contribution in [1.29, 1.82) is 0 Å². The highest BCUT2D eigenvalue weighted by Gasteiger charge is 2.19. The van der Waals surface area contributed by atoms with Crippen LogP contribution in [0, 0.1) is 19.7 Å². The Morgan fingerprint density at radius 1 is 1.38 bits per heavy atom. The third-order valence-electron chi connectivity index (χ3n) is 3.95. The number of H-pyrrole nitrogens is 1. The van der Waals surface area contributed by atoms with E-state index in [2.05, 4.69) is 9.97 Å². The molecule has 0 aliphatic carbocycles. The SMILES string of the molecule is CCOC(=O)/C(=C\c1cccc(F)c1)c1nc2sc(C)c(C)c2c(=O)[nH]1. The predicted molar refractivity (Wildman–Crippen MR) is 101 cm³/mol. The van der Waals surface area contributed by atoms with Gasteiger partial charge in [0, 0.05) is 4.88 Å². The van der Waals surface area contributed by atoms with Crippen molar-refractivity contribution in [3.63, 3.8) is 0 Å². The van der Waals surface area contributed by atoms with Crippen LogP contribution in [0.3, 0.4) is 0 Å². The van der Waals surface area contributed by atoms with Crippen LogP contribution in [0.15, 0.2) is 29.1 Å². The first kappa shape index (κ1) is 18.0. The van der Waals surface area contributed by atoms with E-state index in [-0.39, 0.29) is 23.6 Å². The van der Waals surface area contributed by atoms with E-state index in [1.165, 1.54) is 35.6 Å². The minimum atomic E-state index is -0.635. The molecule has 5 nitrogen and oxygen atoms in total. The van der Waals surface area contributed by atoms with Crippen LogP contribution in [0.4, 0.5) is 4.39 Å². The van der Waals surface area contributed by atoms with E-state index < -0.39 is 11.8 Å². The molecule has 0 atom stereocenters. The number of hydrogen-bond donors (Lipinski definition) is 1. The van der Waals surface area contributed by atoms with Crippen LogP contribution in [0.25, 0.3) is 21.9 Å². The summed E-state index contributed by atoms with van der Waals surface area (Å²) in [7, 11) is 0. The van der Waals surface area contributed by atoms with E-state index in [1.807, 2.05) is 13.8 Å². The summed E-state index contributed by atoms with van der Waals surface area (Å²) >= 11 is 1.39. The van der Waals surface area contributed by atoms with E-state index in [1.54, 1.807) is 13.0 Å². The van der Waals surface area contributed by atoms with Crippen LogP contribution >= 0.6 is 11.3 Å². The lowest BCUT2D eigenvalue weighted by molar-refractivity contribution is -0.136. The zero-order chi connectivity index (χ0) is 18.8. The first-order chi connectivity index (χ1) is 12.4. The van der Waals surface area contributed by atoms with Crippen LogP contribution in [0.1, 0.15) is 28.8 Å². The maximum absolute atomic E-state index is 13.5. The number of fused-ring (bicyclic) bond motifs is 1. The average molecular weight is 372 g/mol. The molecule has 0 unspecified atom stereocenters. The molecule has 0 spiro atoms. The molecule has 1 N–H and O–H groups in total. The fourth-order valence-corrected chi connectivity index (χ4v) is 3.61. The predicted octanol–water partition coefficient (Wildman–Crippen LogP) is 3.84. The van der Waals surface area contributed by atoms with Gasteiger partial charge in [0.05, 0.1) is 12.0 Å². The van der Waals surface area contributed by atoms with Crippen molar-refractivity contribution >= 4 is 39.2 Å². The summed E-state index contributed by atoms with van der Waals surface area (Å²) in [5.41, 5.74) is 1.09. The molecule has 7 heteroatoms. The van der Waals surface area contributed by atoms with Crippen LogP contribution in [-0.4, -0.2) is 22.5 Å². The maximum Gasteiger partial charge on any atom is 0.341 e. The monoisotopic (exact) mass is 372 g/mol. The lowest BCUT2D eigenvalue weighted by atomic mass is 10.1. The number of ether oxygens (including phenoxy) is 1. The van der Waals surface area contributed by atoms with Crippen molar-refractivity contribution in [3.8, 4) is 0 Å². The van der Waals surface area contributed by atoms with Crippen molar-refractivity contribution in [1.82, 2.24) is 9.97 Å². The maximum atomic E-state index is 13.5. The summed E-state index contributed by atoms with van der Waals surface area (Å²) in [5, 5.41) is 0.519. The van der Waals surface area contributed by atoms with Crippen molar-refractivity contribution < 1.29 is 13.9 Å². The molecular weight excluding hydrogens is 355 g/mol. The van der Waals surface area contributed by atoms with Gasteiger partial charge in [-0.2, -0.15) is 0 Å². The van der Waals surface area contributed by atoms with E-state index in [0.29, 0.717) is 15.8 Å². The number of halogens is 1. The van der Waals surface area contributed by atoms with Gasteiger partial charge in [-0.3, -0.25) is 4.79 Å². The molecule has 1 aromatic carbocycles. The van der Waals surface area contributed by atoms with E-state index >= 15 is 0 Å². The Hall–Kier alpha value is -2.80. The Kier molecular flexibility index (Phi) is 4.99. The molecule has 2 aromatic heterocycles.